The maximum atomic E-state index is 8.49. The predicted molar refractivity (Wildman–Crippen MR) is 40.6 cm³/mol. The minimum Gasteiger partial charge on any atom is -0.396 e. The number of rotatable bonds is 2. The standard InChI is InChI=1S/C5H6BrNOS/c6-5-7-3-4(9-5)1-2-8/h3,8H,1-2H2. The molecular formula is C5H6BrNOS. The first kappa shape index (κ1) is 7.18. The molecule has 0 aromatic carbocycles. The lowest BCUT2D eigenvalue weighted by atomic mass is 10.4. The summed E-state index contributed by atoms with van der Waals surface area (Å²) in [6.07, 6.45) is 2.48. The lowest BCUT2D eigenvalue weighted by Gasteiger charge is -1.84. The van der Waals surface area contributed by atoms with Gasteiger partial charge in [-0.15, -0.1) is 11.3 Å². The number of aromatic nitrogens is 1. The quantitative estimate of drug-likeness (QED) is 0.797. The van der Waals surface area contributed by atoms with Crippen LogP contribution in [-0.2, 0) is 6.42 Å². The monoisotopic (exact) mass is 207 g/mol. The van der Waals surface area contributed by atoms with Crippen molar-refractivity contribution in [3.63, 3.8) is 0 Å². The van der Waals surface area contributed by atoms with Crippen LogP contribution in [0.2, 0.25) is 0 Å². The highest BCUT2D eigenvalue weighted by atomic mass is 79.9. The Balaban J connectivity index is 2.61. The van der Waals surface area contributed by atoms with Crippen LogP contribution in [0, 0.1) is 0 Å². The molecule has 0 atom stereocenters. The van der Waals surface area contributed by atoms with E-state index in [1.54, 1.807) is 17.5 Å². The molecule has 1 rings (SSSR count). The SMILES string of the molecule is OCCc1cnc(Br)s1. The first-order valence-electron chi connectivity index (χ1n) is 2.54. The second-order valence-corrected chi connectivity index (χ2v) is 3.94. The molecule has 0 saturated heterocycles. The van der Waals surface area contributed by atoms with Crippen LogP contribution in [0.3, 0.4) is 0 Å². The zero-order valence-electron chi connectivity index (χ0n) is 4.67. The first-order chi connectivity index (χ1) is 4.33. The van der Waals surface area contributed by atoms with Gasteiger partial charge in [-0.25, -0.2) is 4.98 Å². The number of hydrogen-bond donors (Lipinski definition) is 1. The van der Waals surface area contributed by atoms with Crippen LogP contribution in [0.5, 0.6) is 0 Å². The van der Waals surface area contributed by atoms with Gasteiger partial charge < -0.3 is 5.11 Å². The van der Waals surface area contributed by atoms with E-state index in [0.29, 0.717) is 6.42 Å². The Kier molecular flexibility index (Phi) is 2.63. The molecule has 1 aromatic heterocycles. The third kappa shape index (κ3) is 2.04. The van der Waals surface area contributed by atoms with Gasteiger partial charge >= 0.3 is 0 Å². The normalized spacial score (nSPS) is 10.0. The van der Waals surface area contributed by atoms with E-state index < -0.39 is 0 Å². The summed E-state index contributed by atoms with van der Waals surface area (Å²) in [6, 6.07) is 0. The molecule has 1 aromatic rings. The summed E-state index contributed by atoms with van der Waals surface area (Å²) in [6.45, 7) is 0.203. The average molecular weight is 208 g/mol. The average Bonchev–Trinajstić information content (AvgIpc) is 2.17. The van der Waals surface area contributed by atoms with E-state index in [-0.39, 0.29) is 6.61 Å². The van der Waals surface area contributed by atoms with Crippen LogP contribution in [0.15, 0.2) is 10.1 Å². The molecule has 0 unspecified atom stereocenters. The van der Waals surface area contributed by atoms with Crippen molar-refractivity contribution in [2.45, 2.75) is 6.42 Å². The van der Waals surface area contributed by atoms with E-state index in [1.165, 1.54) is 0 Å². The summed E-state index contributed by atoms with van der Waals surface area (Å²) in [7, 11) is 0. The summed E-state index contributed by atoms with van der Waals surface area (Å²) in [5.41, 5.74) is 0. The van der Waals surface area contributed by atoms with Crippen molar-refractivity contribution < 1.29 is 5.11 Å². The summed E-state index contributed by atoms with van der Waals surface area (Å²) < 4.78 is 0.881. The van der Waals surface area contributed by atoms with Gasteiger partial charge in [-0.3, -0.25) is 0 Å². The summed E-state index contributed by atoms with van der Waals surface area (Å²) in [4.78, 5) is 5.07. The van der Waals surface area contributed by atoms with Gasteiger partial charge in [-0.2, -0.15) is 0 Å². The zero-order chi connectivity index (χ0) is 6.69. The van der Waals surface area contributed by atoms with Crippen LogP contribution >= 0.6 is 27.3 Å². The minimum atomic E-state index is 0.203. The Morgan fingerprint density at radius 3 is 3.00 bits per heavy atom. The van der Waals surface area contributed by atoms with Crippen LogP contribution in [0.25, 0.3) is 0 Å². The lowest BCUT2D eigenvalue weighted by molar-refractivity contribution is 0.300. The van der Waals surface area contributed by atoms with Crippen LogP contribution in [0.1, 0.15) is 4.88 Å². The van der Waals surface area contributed by atoms with Gasteiger partial charge in [0, 0.05) is 24.1 Å². The van der Waals surface area contributed by atoms with E-state index >= 15 is 0 Å². The molecule has 1 heterocycles. The van der Waals surface area contributed by atoms with Crippen molar-refractivity contribution in [2.24, 2.45) is 0 Å². The van der Waals surface area contributed by atoms with Gasteiger partial charge in [0.25, 0.3) is 0 Å². The number of nitrogens with zero attached hydrogens (tertiary/aromatic N) is 1. The molecule has 0 spiro atoms. The number of hydrogen-bond acceptors (Lipinski definition) is 3. The van der Waals surface area contributed by atoms with Gasteiger partial charge in [0.2, 0.25) is 0 Å². The molecule has 0 aliphatic carbocycles. The molecule has 0 fully saturated rings. The van der Waals surface area contributed by atoms with Crippen LogP contribution in [-0.4, -0.2) is 16.7 Å². The summed E-state index contributed by atoms with van der Waals surface area (Å²) >= 11 is 4.79. The highest BCUT2D eigenvalue weighted by Crippen LogP contribution is 2.18. The number of thiazole rings is 1. The molecule has 2 nitrogen and oxygen atoms in total. The van der Waals surface area contributed by atoms with E-state index in [2.05, 4.69) is 20.9 Å². The fourth-order valence-electron chi connectivity index (χ4n) is 0.509. The van der Waals surface area contributed by atoms with Gasteiger partial charge in [-0.1, -0.05) is 0 Å². The second kappa shape index (κ2) is 3.29. The Labute approximate surface area is 65.7 Å². The molecular weight excluding hydrogens is 202 g/mol. The highest BCUT2D eigenvalue weighted by molar-refractivity contribution is 9.11. The Hall–Kier alpha value is 0.0700. The van der Waals surface area contributed by atoms with E-state index in [9.17, 15) is 0 Å². The predicted octanol–water partition coefficient (Wildman–Crippen LogP) is 1.44. The third-order valence-corrected chi connectivity index (χ3v) is 2.42. The van der Waals surface area contributed by atoms with Crippen LogP contribution in [0.4, 0.5) is 0 Å². The van der Waals surface area contributed by atoms with Gasteiger partial charge in [0.15, 0.2) is 3.92 Å². The van der Waals surface area contributed by atoms with Crippen LogP contribution < -0.4 is 0 Å². The molecule has 0 aliphatic heterocycles. The van der Waals surface area contributed by atoms with Gasteiger partial charge in [0.1, 0.15) is 0 Å². The van der Waals surface area contributed by atoms with Crippen molar-refractivity contribution in [1.82, 2.24) is 4.98 Å². The van der Waals surface area contributed by atoms with E-state index in [0.717, 1.165) is 8.79 Å². The number of aliphatic hydroxyl groups excluding tert-OH is 1. The van der Waals surface area contributed by atoms with Crippen molar-refractivity contribution >= 4 is 27.3 Å². The molecule has 0 amide bonds. The molecule has 50 valence electrons. The Morgan fingerprint density at radius 1 is 1.78 bits per heavy atom. The Morgan fingerprint density at radius 2 is 2.56 bits per heavy atom. The van der Waals surface area contributed by atoms with Crippen molar-refractivity contribution in [1.29, 1.82) is 0 Å². The van der Waals surface area contributed by atoms with E-state index in [4.69, 9.17) is 5.11 Å². The van der Waals surface area contributed by atoms with Crippen molar-refractivity contribution in [3.8, 4) is 0 Å². The van der Waals surface area contributed by atoms with Gasteiger partial charge in [0.05, 0.1) is 0 Å². The molecule has 4 heteroatoms. The fourth-order valence-corrected chi connectivity index (χ4v) is 1.86. The molecule has 0 aliphatic rings. The third-order valence-electron chi connectivity index (χ3n) is 0.884. The van der Waals surface area contributed by atoms with Gasteiger partial charge in [-0.05, 0) is 15.9 Å². The van der Waals surface area contributed by atoms with Crippen molar-refractivity contribution in [3.05, 3.63) is 15.0 Å². The lowest BCUT2D eigenvalue weighted by Crippen LogP contribution is -1.84. The largest absolute Gasteiger partial charge is 0.396 e. The second-order valence-electron chi connectivity index (χ2n) is 1.55. The summed E-state index contributed by atoms with van der Waals surface area (Å²) in [5.74, 6) is 0. The molecule has 0 bridgehead atoms. The maximum Gasteiger partial charge on any atom is 0.159 e. The summed E-state index contributed by atoms with van der Waals surface area (Å²) in [5, 5.41) is 8.49. The first-order valence-corrected chi connectivity index (χ1v) is 4.15. The minimum absolute atomic E-state index is 0.203. The highest BCUT2D eigenvalue weighted by Gasteiger charge is 1.95. The van der Waals surface area contributed by atoms with Crippen molar-refractivity contribution in [2.75, 3.05) is 6.61 Å². The zero-order valence-corrected chi connectivity index (χ0v) is 7.07. The van der Waals surface area contributed by atoms with E-state index in [1.807, 2.05) is 0 Å². The fraction of sp³-hybridized carbons (Fsp3) is 0.400. The number of halogens is 1. The molecule has 0 radical (unpaired) electrons. The number of aliphatic hydroxyl groups is 1. The Bertz CT molecular complexity index is 189. The molecule has 1 N–H and O–H groups in total. The maximum absolute atomic E-state index is 8.49. The smallest absolute Gasteiger partial charge is 0.159 e. The molecule has 9 heavy (non-hydrogen) atoms. The molecule has 0 saturated carbocycles. The topological polar surface area (TPSA) is 33.1 Å².